The van der Waals surface area contributed by atoms with Gasteiger partial charge in [0.25, 0.3) is 5.91 Å². The lowest BCUT2D eigenvalue weighted by Crippen LogP contribution is -2.47. The summed E-state index contributed by atoms with van der Waals surface area (Å²) in [6, 6.07) is 13.1. The monoisotopic (exact) mass is 419 g/mol. The summed E-state index contributed by atoms with van der Waals surface area (Å²) in [6.07, 6.45) is 1.70. The number of amides is 2. The Hall–Kier alpha value is -3.68. The molecule has 0 spiro atoms. The van der Waals surface area contributed by atoms with Gasteiger partial charge in [0.1, 0.15) is 17.6 Å². The molecule has 0 saturated carbocycles. The fourth-order valence-electron chi connectivity index (χ4n) is 3.82. The van der Waals surface area contributed by atoms with Crippen LogP contribution in [0.5, 0.6) is 5.75 Å². The molecule has 0 radical (unpaired) electrons. The highest BCUT2D eigenvalue weighted by Crippen LogP contribution is 2.30. The van der Waals surface area contributed by atoms with Crippen LogP contribution < -0.4 is 15.0 Å². The molecule has 0 aliphatic carbocycles. The van der Waals surface area contributed by atoms with E-state index >= 15 is 0 Å². The van der Waals surface area contributed by atoms with Crippen molar-refractivity contribution >= 4 is 17.5 Å². The standard InChI is InChI=1S/C23H25N5O3/c1-14-5-4-6-15(11-14)12-20-25-21(27-26-20)22(29)24-18-10-8-16-7-9-17(31-3)13-19(16)28(2)23(18)30/h4-7,9,11,13,18H,8,10,12H2,1-3H3,(H,24,29)(H,25,26,27). The number of rotatable bonds is 5. The Morgan fingerprint density at radius 2 is 2.13 bits per heavy atom. The number of nitrogens with one attached hydrogen (secondary N) is 2. The number of carbonyl (C=O) groups excluding carboxylic acids is 2. The molecule has 160 valence electrons. The number of nitrogens with zero attached hydrogens (tertiary/aromatic N) is 3. The van der Waals surface area contributed by atoms with Crippen molar-refractivity contribution in [3.05, 3.63) is 70.8 Å². The molecule has 1 atom stereocenters. The van der Waals surface area contributed by atoms with Crippen LogP contribution in [0, 0.1) is 6.92 Å². The second kappa shape index (κ2) is 8.59. The summed E-state index contributed by atoms with van der Waals surface area (Å²) in [5.74, 6) is 0.654. The first-order valence-corrected chi connectivity index (χ1v) is 10.2. The largest absolute Gasteiger partial charge is 0.497 e. The Morgan fingerprint density at radius 1 is 1.29 bits per heavy atom. The van der Waals surface area contributed by atoms with Gasteiger partial charge < -0.3 is 15.0 Å². The third-order valence-electron chi connectivity index (χ3n) is 5.48. The quantitative estimate of drug-likeness (QED) is 0.662. The molecule has 2 amide bonds. The summed E-state index contributed by atoms with van der Waals surface area (Å²) in [4.78, 5) is 31.6. The minimum atomic E-state index is -0.658. The molecule has 1 aromatic heterocycles. The van der Waals surface area contributed by atoms with E-state index in [0.29, 0.717) is 30.8 Å². The average Bonchev–Trinajstić information content (AvgIpc) is 3.20. The van der Waals surface area contributed by atoms with Gasteiger partial charge in [-0.15, -0.1) is 5.10 Å². The van der Waals surface area contributed by atoms with Crippen LogP contribution in [0.4, 0.5) is 5.69 Å². The zero-order valence-corrected chi connectivity index (χ0v) is 17.8. The van der Waals surface area contributed by atoms with Gasteiger partial charge in [0.2, 0.25) is 11.7 Å². The molecule has 2 N–H and O–H groups in total. The van der Waals surface area contributed by atoms with E-state index in [2.05, 4.69) is 26.6 Å². The van der Waals surface area contributed by atoms with Gasteiger partial charge >= 0.3 is 0 Å². The van der Waals surface area contributed by atoms with Crippen LogP contribution in [-0.4, -0.2) is 47.2 Å². The van der Waals surface area contributed by atoms with E-state index in [9.17, 15) is 9.59 Å². The van der Waals surface area contributed by atoms with E-state index in [1.807, 2.05) is 43.3 Å². The normalized spacial score (nSPS) is 15.9. The Kier molecular flexibility index (Phi) is 5.70. The minimum absolute atomic E-state index is 0.0292. The summed E-state index contributed by atoms with van der Waals surface area (Å²) < 4.78 is 5.28. The van der Waals surface area contributed by atoms with Gasteiger partial charge in [-0.25, -0.2) is 4.98 Å². The van der Waals surface area contributed by atoms with E-state index in [4.69, 9.17) is 4.74 Å². The zero-order valence-electron chi connectivity index (χ0n) is 17.8. The topological polar surface area (TPSA) is 100 Å². The van der Waals surface area contributed by atoms with Crippen LogP contribution in [0.15, 0.2) is 42.5 Å². The molecule has 8 nitrogen and oxygen atoms in total. The Labute approximate surface area is 180 Å². The number of aromatic nitrogens is 3. The maximum absolute atomic E-state index is 13.0. The summed E-state index contributed by atoms with van der Waals surface area (Å²) in [5.41, 5.74) is 4.06. The first kappa shape index (κ1) is 20.6. The molecule has 31 heavy (non-hydrogen) atoms. The highest BCUT2D eigenvalue weighted by molar-refractivity contribution is 6.02. The van der Waals surface area contributed by atoms with Crippen LogP contribution in [0.25, 0.3) is 0 Å². The number of methoxy groups -OCH3 is 1. The van der Waals surface area contributed by atoms with Gasteiger partial charge in [0, 0.05) is 19.5 Å². The molecule has 0 fully saturated rings. The van der Waals surface area contributed by atoms with Crippen LogP contribution in [-0.2, 0) is 17.6 Å². The Morgan fingerprint density at radius 3 is 2.90 bits per heavy atom. The summed E-state index contributed by atoms with van der Waals surface area (Å²) in [7, 11) is 3.30. The lowest BCUT2D eigenvalue weighted by atomic mass is 10.1. The summed E-state index contributed by atoms with van der Waals surface area (Å²) >= 11 is 0. The van der Waals surface area contributed by atoms with Crippen molar-refractivity contribution < 1.29 is 14.3 Å². The molecule has 4 rings (SSSR count). The fraction of sp³-hybridized carbons (Fsp3) is 0.304. The van der Waals surface area contributed by atoms with Crippen LogP contribution >= 0.6 is 0 Å². The molecule has 1 aliphatic heterocycles. The molecular weight excluding hydrogens is 394 g/mol. The van der Waals surface area contributed by atoms with Crippen LogP contribution in [0.2, 0.25) is 0 Å². The molecule has 2 heterocycles. The summed E-state index contributed by atoms with van der Waals surface area (Å²) in [5, 5.41) is 9.66. The van der Waals surface area contributed by atoms with Crippen molar-refractivity contribution in [2.75, 3.05) is 19.1 Å². The van der Waals surface area contributed by atoms with Gasteiger partial charge in [-0.2, -0.15) is 0 Å². The lowest BCUT2D eigenvalue weighted by molar-refractivity contribution is -0.120. The maximum Gasteiger partial charge on any atom is 0.291 e. The lowest BCUT2D eigenvalue weighted by Gasteiger charge is -2.22. The number of ether oxygens (including phenoxy) is 1. The highest BCUT2D eigenvalue weighted by Gasteiger charge is 2.30. The van der Waals surface area contributed by atoms with Gasteiger partial charge in [-0.1, -0.05) is 35.9 Å². The molecule has 2 aromatic carbocycles. The number of carbonyl (C=O) groups is 2. The number of aryl methyl sites for hydroxylation is 2. The van der Waals surface area contributed by atoms with Crippen molar-refractivity contribution in [1.82, 2.24) is 20.5 Å². The van der Waals surface area contributed by atoms with Crippen molar-refractivity contribution in [2.45, 2.75) is 32.2 Å². The molecule has 0 bridgehead atoms. The number of fused-ring (bicyclic) bond motifs is 1. The predicted octanol–water partition coefficient (Wildman–Crippen LogP) is 2.42. The Bertz CT molecular complexity index is 1120. The second-order valence-electron chi connectivity index (χ2n) is 7.73. The van der Waals surface area contributed by atoms with E-state index in [1.165, 1.54) is 0 Å². The first-order chi connectivity index (χ1) is 14.9. The van der Waals surface area contributed by atoms with E-state index in [-0.39, 0.29) is 11.7 Å². The number of benzene rings is 2. The third-order valence-corrected chi connectivity index (χ3v) is 5.48. The highest BCUT2D eigenvalue weighted by atomic mass is 16.5. The third kappa shape index (κ3) is 4.42. The fourth-order valence-corrected chi connectivity index (χ4v) is 3.82. The van der Waals surface area contributed by atoms with Gasteiger partial charge in [-0.05, 0) is 37.0 Å². The molecule has 3 aromatic rings. The van der Waals surface area contributed by atoms with Crippen molar-refractivity contribution in [1.29, 1.82) is 0 Å². The molecular formula is C23H25N5O3. The van der Waals surface area contributed by atoms with Gasteiger partial charge in [-0.3, -0.25) is 14.7 Å². The Balaban J connectivity index is 1.45. The predicted molar refractivity (Wildman–Crippen MR) is 116 cm³/mol. The van der Waals surface area contributed by atoms with Gasteiger partial charge in [0.15, 0.2) is 0 Å². The smallest absolute Gasteiger partial charge is 0.291 e. The number of likely N-dealkylation sites (N-methyl/N-ethyl adjacent to an activating group) is 1. The first-order valence-electron chi connectivity index (χ1n) is 10.2. The van der Waals surface area contributed by atoms with E-state index in [0.717, 1.165) is 22.4 Å². The number of hydrogen-bond acceptors (Lipinski definition) is 5. The zero-order chi connectivity index (χ0) is 22.0. The molecule has 0 saturated heterocycles. The average molecular weight is 419 g/mol. The van der Waals surface area contributed by atoms with E-state index in [1.54, 1.807) is 19.1 Å². The van der Waals surface area contributed by atoms with E-state index < -0.39 is 11.9 Å². The molecule has 1 aliphatic rings. The van der Waals surface area contributed by atoms with Crippen LogP contribution in [0.1, 0.15) is 39.6 Å². The van der Waals surface area contributed by atoms with Crippen molar-refractivity contribution in [3.63, 3.8) is 0 Å². The van der Waals surface area contributed by atoms with Crippen LogP contribution in [0.3, 0.4) is 0 Å². The number of aromatic amines is 1. The number of hydrogen-bond donors (Lipinski definition) is 2. The molecule has 1 unspecified atom stereocenters. The minimum Gasteiger partial charge on any atom is -0.497 e. The van der Waals surface area contributed by atoms with Crippen molar-refractivity contribution in [2.24, 2.45) is 0 Å². The SMILES string of the molecule is COc1ccc2c(c1)N(C)C(=O)C(NC(=O)c1n[nH]c(Cc3cccc(C)c3)n1)CC2. The second-order valence-corrected chi connectivity index (χ2v) is 7.73. The van der Waals surface area contributed by atoms with Crippen molar-refractivity contribution in [3.8, 4) is 5.75 Å². The van der Waals surface area contributed by atoms with Gasteiger partial charge in [0.05, 0.1) is 12.8 Å². The number of anilines is 1. The maximum atomic E-state index is 13.0. The molecule has 8 heteroatoms. The summed E-state index contributed by atoms with van der Waals surface area (Å²) in [6.45, 7) is 2.03. The number of H-pyrrole nitrogens is 1.